The number of para-hydroxylation sites is 2. The smallest absolute Gasteiger partial charge is 0.252 e. The molecule has 0 saturated carbocycles. The van der Waals surface area contributed by atoms with Crippen molar-refractivity contribution in [2.75, 3.05) is 9.80 Å². The molecule has 5 heterocycles. The van der Waals surface area contributed by atoms with Crippen LogP contribution in [0.5, 0.6) is 0 Å². The van der Waals surface area contributed by atoms with Crippen LogP contribution in [0.4, 0.5) is 34.1 Å². The summed E-state index contributed by atoms with van der Waals surface area (Å²) in [6.07, 6.45) is 0. The Morgan fingerprint density at radius 1 is 0.294 bits per heavy atom. The first kappa shape index (κ1) is 38.6. The van der Waals surface area contributed by atoms with E-state index in [0.29, 0.717) is 38.6 Å². The molecule has 0 bridgehead atoms. The van der Waals surface area contributed by atoms with Crippen LogP contribution < -0.4 is 26.2 Å². The van der Waals surface area contributed by atoms with E-state index in [1.165, 1.54) is 4.57 Å². The van der Waals surface area contributed by atoms with E-state index in [-0.39, 0.29) is 107 Å². The van der Waals surface area contributed by atoms with E-state index in [9.17, 15) is 21.9 Å². The van der Waals surface area contributed by atoms with Crippen molar-refractivity contribution >= 4 is 79.0 Å². The monoisotopic (exact) mass is 1340 g/mol. The van der Waals surface area contributed by atoms with Gasteiger partial charge in [0.1, 0.15) is 0 Å². The number of benzene rings is 13. The van der Waals surface area contributed by atoms with Crippen LogP contribution in [0.1, 0.15) is 91.1 Å². The number of hydrogen-bond donors (Lipinski definition) is 0. The summed E-state index contributed by atoms with van der Waals surface area (Å²) in [7, 11) is 0. The Hall–Kier alpha value is -12.7. The topological polar surface area (TPSA) is 88.8 Å². The molecule has 0 saturated heterocycles. The highest BCUT2D eigenvalue weighted by molar-refractivity contribution is 7.00. The van der Waals surface area contributed by atoms with Gasteiger partial charge in [0.15, 0.2) is 34.9 Å². The summed E-state index contributed by atoms with van der Waals surface area (Å²) in [6.45, 7) is 10.5. The summed E-state index contributed by atoms with van der Waals surface area (Å²) in [6, 6.07) is 21.7. The summed E-state index contributed by atoms with van der Waals surface area (Å²) in [5, 5.41) is -0.655. The van der Waals surface area contributed by atoms with Crippen molar-refractivity contribution in [2.24, 2.45) is 0 Å². The molecule has 0 radical (unpaired) electrons. The SMILES string of the molecule is [2H]c1c([2H])c([2H])c(-c2ccc3c(c2)N(c2ccc(C(C)(C)C)cc2-c2nc(-c4ccccc4)nc(-c4ccccc4)n2)c2cc(-n4c5c([2H])c([2H])c([2H])c([2H])c5c5c([2H])c([2H])c([2H])c([2H])c54)cc4c2B3c2ccc(-c3c([2H])c([2H])c([2H])c([2H])c3[2H])cc2N4c2ccc(C(C)(C)C)cc2-c2nc(-c3c([2H])c([2H])c([2H])c([2H])c3[2H])nc(-c3c([2H])c([2H])c([2H])c([2H])c3[2H])n2)c([2H])c1[2H]. The van der Waals surface area contributed by atoms with Gasteiger partial charge < -0.3 is 14.4 Å². The molecule has 0 amide bonds. The van der Waals surface area contributed by atoms with E-state index < -0.39 is 215 Å². The van der Waals surface area contributed by atoms with Gasteiger partial charge in [0.05, 0.1) is 66.5 Å². The minimum absolute atomic E-state index is 0.00908. The van der Waals surface area contributed by atoms with Gasteiger partial charge in [-0.1, -0.05) is 296 Å². The fraction of sp³-hybridized carbons (Fsp3) is 0.0870. The van der Waals surface area contributed by atoms with E-state index in [0.717, 1.165) is 5.56 Å². The second-order valence-corrected chi connectivity index (χ2v) is 26.6. The molecule has 0 spiro atoms. The molecule has 2 aliphatic heterocycles. The van der Waals surface area contributed by atoms with Crippen LogP contribution in [0.25, 0.3) is 118 Å². The van der Waals surface area contributed by atoms with Crippen LogP contribution in [0.15, 0.2) is 315 Å². The van der Waals surface area contributed by atoms with Crippen LogP contribution in [0, 0.1) is 0 Å². The molecule has 2 aliphatic rings. The van der Waals surface area contributed by atoms with Crippen LogP contribution in [0.3, 0.4) is 0 Å². The first-order valence-electron chi connectivity index (χ1n) is 46.7. The molecular formula is C92H70BN9. The van der Waals surface area contributed by atoms with Crippen LogP contribution in [0.2, 0.25) is 0 Å². The predicted octanol–water partition coefficient (Wildman–Crippen LogP) is 21.2. The summed E-state index contributed by atoms with van der Waals surface area (Å²) in [5.41, 5.74) is 0.585. The summed E-state index contributed by atoms with van der Waals surface area (Å²) in [5.74, 6) is -1.16. The Kier molecular flexibility index (Phi) is 9.34. The zero-order chi connectivity index (χ0) is 93.2. The minimum Gasteiger partial charge on any atom is -0.311 e. The van der Waals surface area contributed by atoms with Crippen molar-refractivity contribution in [1.29, 1.82) is 0 Å². The van der Waals surface area contributed by atoms with Gasteiger partial charge in [-0.3, -0.25) is 0 Å². The molecule has 3 aromatic heterocycles. The van der Waals surface area contributed by atoms with Crippen LogP contribution in [-0.4, -0.2) is 41.2 Å². The highest BCUT2D eigenvalue weighted by atomic mass is 15.2. The average Bonchev–Trinajstić information content (AvgIpc) is 1.14. The lowest BCUT2D eigenvalue weighted by Crippen LogP contribution is -2.61. The zero-order valence-corrected chi connectivity index (χ0v) is 55.5. The predicted molar refractivity (Wildman–Crippen MR) is 422 cm³/mol. The van der Waals surface area contributed by atoms with Gasteiger partial charge in [-0.05, 0) is 121 Å². The Labute approximate surface area is 634 Å². The van der Waals surface area contributed by atoms with Crippen molar-refractivity contribution in [3.8, 4) is 96.3 Å². The van der Waals surface area contributed by atoms with Gasteiger partial charge in [-0.25, -0.2) is 29.9 Å². The molecule has 0 fully saturated rings. The maximum Gasteiger partial charge on any atom is 0.252 e. The van der Waals surface area contributed by atoms with Crippen molar-refractivity contribution in [3.63, 3.8) is 0 Å². The molecule has 486 valence electrons. The van der Waals surface area contributed by atoms with Crippen LogP contribution in [-0.2, 0) is 10.8 Å². The fourth-order valence-electron chi connectivity index (χ4n) is 13.5. The largest absolute Gasteiger partial charge is 0.311 e. The van der Waals surface area contributed by atoms with E-state index in [4.69, 9.17) is 41.4 Å². The lowest BCUT2D eigenvalue weighted by Gasteiger charge is -2.45. The third kappa shape index (κ3) is 10.8. The van der Waals surface area contributed by atoms with E-state index in [1.807, 2.05) is 125 Å². The van der Waals surface area contributed by atoms with Gasteiger partial charge in [0.25, 0.3) is 6.71 Å². The van der Waals surface area contributed by atoms with Crippen molar-refractivity contribution in [1.82, 2.24) is 34.5 Å². The normalized spacial score (nSPS) is 16.4. The zero-order valence-electron chi connectivity index (χ0n) is 83.5. The molecule has 16 aromatic rings. The van der Waals surface area contributed by atoms with E-state index >= 15 is 0 Å². The molecular weight excluding hydrogens is 1240 g/mol. The minimum atomic E-state index is -1.18. The standard InChI is InChI=1S/C92H70BN9/c1-91(2,3)67-47-51-78(72(55-67)89-96-85(61-33-17-9-18-34-61)94-86(97-89)62-35-19-10-20-36-62)101-80-53-65(59-29-13-7-14-30-59)45-49-74(80)93-75-50-46-66(60-31-15-8-16-32-60)54-81(75)102(83-58-69(57-82(101)84(83)93)100-76-43-27-25-41-70(76)71-42-26-28-44-77(71)100)79-52-48-68(92(4,5)6)56-73(79)90-98-87(63-37-21-11-22-38-63)95-88(99-90)64-39-23-12-24-40-64/h7-58H,1-6H3/i7D,8D,9D,10D,13D,14D,15D,16D,17D,18D,19D,20D,25D,26D,27D,28D,29D,30D,31D,32D,33D,34D,35D,36D,41D,42D,43D,44D. The molecule has 0 aliphatic carbocycles. The molecule has 102 heavy (non-hydrogen) atoms. The van der Waals surface area contributed by atoms with Gasteiger partial charge in [0, 0.05) is 66.9 Å². The lowest BCUT2D eigenvalue weighted by atomic mass is 9.33. The number of aromatic nitrogens is 7. The quantitative estimate of drug-likeness (QED) is 0.118. The van der Waals surface area contributed by atoms with E-state index in [2.05, 4.69) is 4.98 Å². The maximum absolute atomic E-state index is 10.1. The average molecular weight is 1340 g/mol. The molecule has 9 nitrogen and oxygen atoms in total. The number of rotatable bonds is 11. The Morgan fingerprint density at radius 2 is 0.647 bits per heavy atom. The number of anilines is 6. The number of fused-ring (bicyclic) bond motifs is 7. The molecule has 18 rings (SSSR count). The highest BCUT2D eigenvalue weighted by Crippen LogP contribution is 2.52. The Bertz CT molecular complexity index is 7350. The first-order valence-corrected chi connectivity index (χ1v) is 32.7. The molecule has 13 aromatic carbocycles. The van der Waals surface area contributed by atoms with Gasteiger partial charge in [-0.15, -0.1) is 0 Å². The summed E-state index contributed by atoms with van der Waals surface area (Å²) < 4.78 is 263. The third-order valence-electron chi connectivity index (χ3n) is 18.4. The molecule has 0 atom stereocenters. The lowest BCUT2D eigenvalue weighted by molar-refractivity contribution is 0.590. The Morgan fingerprint density at radius 3 is 1.04 bits per heavy atom. The molecule has 0 N–H and O–H groups in total. The maximum atomic E-state index is 10.1. The van der Waals surface area contributed by atoms with Gasteiger partial charge in [0.2, 0.25) is 0 Å². The second kappa shape index (κ2) is 24.7. The summed E-state index contributed by atoms with van der Waals surface area (Å²) in [4.78, 5) is 34.2. The fourth-order valence-corrected chi connectivity index (χ4v) is 13.5. The van der Waals surface area contributed by atoms with Gasteiger partial charge >= 0.3 is 0 Å². The van der Waals surface area contributed by atoms with Crippen molar-refractivity contribution in [2.45, 2.75) is 52.4 Å². The number of hydrogen-bond acceptors (Lipinski definition) is 8. The first-order chi connectivity index (χ1) is 61.4. The van der Waals surface area contributed by atoms with Crippen molar-refractivity contribution < 1.29 is 38.4 Å². The highest BCUT2D eigenvalue weighted by Gasteiger charge is 2.46. The molecule has 10 heteroatoms. The second-order valence-electron chi connectivity index (χ2n) is 26.6. The third-order valence-corrected chi connectivity index (χ3v) is 18.4. The van der Waals surface area contributed by atoms with Crippen LogP contribution >= 0.6 is 0 Å². The van der Waals surface area contributed by atoms with Crippen molar-refractivity contribution in [3.05, 3.63) is 326 Å². The van der Waals surface area contributed by atoms with E-state index in [1.54, 1.807) is 71.6 Å². The summed E-state index contributed by atoms with van der Waals surface area (Å²) >= 11 is 0. The number of nitrogens with zero attached hydrogens (tertiary/aromatic N) is 9. The van der Waals surface area contributed by atoms with Gasteiger partial charge in [-0.2, -0.15) is 0 Å². The Balaban J connectivity index is 1.09. The molecule has 0 unspecified atom stereocenters.